The number of carbonyl (C=O) groups is 2. The zero-order chi connectivity index (χ0) is 50.9. The summed E-state index contributed by atoms with van der Waals surface area (Å²) in [5, 5.41) is 26.0. The highest BCUT2D eigenvalue weighted by Gasteiger charge is 2.50. The van der Waals surface area contributed by atoms with Crippen molar-refractivity contribution in [1.82, 2.24) is 24.5 Å². The number of hydrogen-bond donors (Lipinski definition) is 4. The number of aromatic amines is 1. The van der Waals surface area contributed by atoms with E-state index in [9.17, 15) is 37.6 Å². The van der Waals surface area contributed by atoms with Crippen LogP contribution in [0.1, 0.15) is 113 Å². The van der Waals surface area contributed by atoms with Crippen molar-refractivity contribution in [2.75, 3.05) is 49.5 Å². The molecule has 5 heterocycles. The van der Waals surface area contributed by atoms with Gasteiger partial charge in [0, 0.05) is 75.8 Å². The molecular formula is C52H60F2N8O9S. The van der Waals surface area contributed by atoms with Gasteiger partial charge >= 0.3 is 0 Å². The molecule has 10 rings (SSSR count). The summed E-state index contributed by atoms with van der Waals surface area (Å²) >= 11 is 0. The van der Waals surface area contributed by atoms with E-state index in [4.69, 9.17) is 9.47 Å². The van der Waals surface area contributed by atoms with Crippen LogP contribution in [0.25, 0.3) is 11.0 Å². The molecular weight excluding hydrogens is 951 g/mol. The monoisotopic (exact) mass is 1010 g/mol. The second-order valence-corrected chi connectivity index (χ2v) is 22.7. The number of carbonyl (C=O) groups excluding carboxylic acids is 2. The Bertz CT molecular complexity index is 3050. The molecule has 17 nitrogen and oxygen atoms in total. The van der Waals surface area contributed by atoms with Crippen LogP contribution in [0.3, 0.4) is 0 Å². The number of rotatable bonds is 11. The van der Waals surface area contributed by atoms with E-state index in [-0.39, 0.29) is 69.7 Å². The van der Waals surface area contributed by atoms with Gasteiger partial charge in [-0.3, -0.25) is 24.6 Å². The molecule has 4 fully saturated rings. The Labute approximate surface area is 416 Å². The van der Waals surface area contributed by atoms with E-state index in [0.29, 0.717) is 69.5 Å². The second kappa shape index (κ2) is 18.9. The smallest absolute Gasteiger partial charge is 0.297 e. The summed E-state index contributed by atoms with van der Waals surface area (Å²) in [5.74, 6) is -3.37. The summed E-state index contributed by atoms with van der Waals surface area (Å²) < 4.78 is 72.2. The molecule has 3 aromatic carbocycles. The molecule has 2 saturated heterocycles. The fraction of sp³-hybridized carbons (Fsp3) is 0.481. The Kier molecular flexibility index (Phi) is 12.9. The third-order valence-corrected chi connectivity index (χ3v) is 17.3. The number of sulfonamides is 1. The topological polar surface area (TPSA) is 213 Å². The van der Waals surface area contributed by atoms with Crippen molar-refractivity contribution in [2.24, 2.45) is 11.3 Å². The van der Waals surface area contributed by atoms with E-state index in [1.54, 1.807) is 19.9 Å². The predicted octanol–water partition coefficient (Wildman–Crippen LogP) is 8.55. The first-order valence-electron chi connectivity index (χ1n) is 24.8. The number of fused-ring (bicyclic) bond motifs is 2. The number of nitrogens with one attached hydrogen (secondary N) is 3. The maximum Gasteiger partial charge on any atom is 0.297 e. The lowest BCUT2D eigenvalue weighted by Crippen LogP contribution is -2.60. The first-order valence-corrected chi connectivity index (χ1v) is 26.3. The molecule has 2 atom stereocenters. The van der Waals surface area contributed by atoms with Crippen LogP contribution < -0.4 is 24.4 Å². The maximum absolute atomic E-state index is 15.5. The number of piperidine rings is 1. The Morgan fingerprint density at radius 3 is 2.44 bits per heavy atom. The van der Waals surface area contributed by atoms with Crippen molar-refractivity contribution in [3.8, 4) is 17.2 Å². The van der Waals surface area contributed by atoms with Gasteiger partial charge in [0.2, 0.25) is 5.91 Å². The quantitative estimate of drug-likeness (QED) is 0.0556. The Balaban J connectivity index is 0.876. The van der Waals surface area contributed by atoms with E-state index in [1.807, 2.05) is 9.62 Å². The lowest BCUT2D eigenvalue weighted by molar-refractivity contribution is -0.384. The molecule has 382 valence electrons. The van der Waals surface area contributed by atoms with Crippen LogP contribution in [-0.4, -0.2) is 107 Å². The van der Waals surface area contributed by atoms with E-state index >= 15 is 4.39 Å². The molecule has 20 heteroatoms. The van der Waals surface area contributed by atoms with Crippen LogP contribution in [0.4, 0.5) is 25.8 Å². The summed E-state index contributed by atoms with van der Waals surface area (Å²) in [6.07, 6.45) is 7.24. The normalized spacial score (nSPS) is 23.5. The minimum atomic E-state index is -4.82. The number of amides is 2. The van der Waals surface area contributed by atoms with Gasteiger partial charge in [-0.2, -0.15) is 9.37 Å². The van der Waals surface area contributed by atoms with Gasteiger partial charge in [-0.15, -0.1) is 0 Å². The Morgan fingerprint density at radius 1 is 1.00 bits per heavy atom. The van der Waals surface area contributed by atoms with Gasteiger partial charge in [0.15, 0.2) is 17.2 Å². The van der Waals surface area contributed by atoms with Gasteiger partial charge in [0.25, 0.3) is 27.6 Å². The zero-order valence-electron chi connectivity index (χ0n) is 40.8. The number of nitrogens with zero attached hydrogens (tertiary/aromatic N) is 5. The lowest BCUT2D eigenvalue weighted by Gasteiger charge is -2.58. The summed E-state index contributed by atoms with van der Waals surface area (Å²) in [5.41, 5.74) is 1.56. The van der Waals surface area contributed by atoms with E-state index in [1.165, 1.54) is 23.3 Å². The summed E-state index contributed by atoms with van der Waals surface area (Å²) in [7, 11) is -4.82. The van der Waals surface area contributed by atoms with Gasteiger partial charge in [-0.05, 0) is 105 Å². The first kappa shape index (κ1) is 49.2. The Hall–Kier alpha value is -6.38. The lowest BCUT2D eigenvalue weighted by atomic mass is 9.59. The Morgan fingerprint density at radius 2 is 1.74 bits per heavy atom. The number of piperazine rings is 1. The van der Waals surface area contributed by atoms with Crippen LogP contribution in [0.15, 0.2) is 71.8 Å². The predicted molar refractivity (Wildman–Crippen MR) is 265 cm³/mol. The number of benzene rings is 3. The molecule has 0 bridgehead atoms. The number of aromatic nitrogens is 2. The minimum Gasteiger partial charge on any atom is -0.489 e. The van der Waals surface area contributed by atoms with Gasteiger partial charge in [-0.25, -0.2) is 17.5 Å². The molecule has 2 aromatic heterocycles. The molecule has 4 N–H and O–H groups in total. The summed E-state index contributed by atoms with van der Waals surface area (Å²) in [4.78, 5) is 50.9. The van der Waals surface area contributed by atoms with Crippen molar-refractivity contribution < 1.29 is 46.3 Å². The minimum absolute atomic E-state index is 0.0125. The van der Waals surface area contributed by atoms with Gasteiger partial charge < -0.3 is 34.7 Å². The SMILES string of the molecule is CC(=O)N1CCN(C2CC3(CCN(c4ccc(C(=O)NS(=O)(=O)c5cc6c(c([N+](=O)[O-])c5)N[C@@H](C5CCC(C)(O)CC5)CO6)c(Oc5cc6c(F)c[nH]c6nc5F)c4)CC3)C2)[C@@H](c2ccccc2C(C)C)C1. The molecule has 2 saturated carbocycles. The fourth-order valence-electron chi connectivity index (χ4n) is 11.8. The number of pyridine rings is 1. The molecule has 3 aliphatic heterocycles. The molecule has 0 unspecified atom stereocenters. The first-order chi connectivity index (χ1) is 34.3. The summed E-state index contributed by atoms with van der Waals surface area (Å²) in [6, 6.07) is 16.3. The second-order valence-electron chi connectivity index (χ2n) is 21.0. The van der Waals surface area contributed by atoms with Crippen LogP contribution in [0.2, 0.25) is 0 Å². The third-order valence-electron chi connectivity index (χ3n) is 16.0. The number of ether oxygens (including phenoxy) is 2. The third kappa shape index (κ3) is 9.55. The molecule has 5 aromatic rings. The van der Waals surface area contributed by atoms with E-state index in [0.717, 1.165) is 56.6 Å². The number of halogens is 2. The van der Waals surface area contributed by atoms with Crippen LogP contribution in [-0.2, 0) is 14.8 Å². The molecule has 2 amide bonds. The van der Waals surface area contributed by atoms with Gasteiger partial charge in [0.05, 0.1) is 38.5 Å². The number of aliphatic hydroxyl groups is 1. The summed E-state index contributed by atoms with van der Waals surface area (Å²) in [6.45, 7) is 11.3. The molecule has 2 aliphatic carbocycles. The average Bonchev–Trinajstić information content (AvgIpc) is 3.70. The van der Waals surface area contributed by atoms with Crippen LogP contribution in [0, 0.1) is 33.2 Å². The number of nitro benzene ring substituents is 1. The van der Waals surface area contributed by atoms with E-state index in [2.05, 4.69) is 63.2 Å². The molecule has 5 aliphatic rings. The van der Waals surface area contributed by atoms with E-state index < -0.39 is 54.6 Å². The number of hydrogen-bond acceptors (Lipinski definition) is 13. The van der Waals surface area contributed by atoms with Crippen LogP contribution in [0.5, 0.6) is 17.2 Å². The highest BCUT2D eigenvalue weighted by atomic mass is 32.2. The van der Waals surface area contributed by atoms with Crippen molar-refractivity contribution in [3.05, 3.63) is 105 Å². The molecule has 0 radical (unpaired) electrons. The largest absolute Gasteiger partial charge is 0.489 e. The number of H-pyrrole nitrogens is 1. The zero-order valence-corrected chi connectivity index (χ0v) is 41.6. The fourth-order valence-corrected chi connectivity index (χ4v) is 12.8. The highest BCUT2D eigenvalue weighted by Crippen LogP contribution is 2.54. The van der Waals surface area contributed by atoms with Crippen LogP contribution >= 0.6 is 0 Å². The van der Waals surface area contributed by atoms with Crippen molar-refractivity contribution >= 4 is 49.9 Å². The van der Waals surface area contributed by atoms with Gasteiger partial charge in [-0.1, -0.05) is 38.1 Å². The number of anilines is 2. The maximum atomic E-state index is 15.5. The van der Waals surface area contributed by atoms with Crippen molar-refractivity contribution in [1.29, 1.82) is 0 Å². The highest BCUT2D eigenvalue weighted by molar-refractivity contribution is 7.90. The number of nitro groups is 1. The van der Waals surface area contributed by atoms with Crippen molar-refractivity contribution in [2.45, 2.75) is 114 Å². The molecule has 1 spiro atoms. The van der Waals surface area contributed by atoms with Gasteiger partial charge in [0.1, 0.15) is 23.8 Å². The average molecular weight is 1010 g/mol. The standard InChI is InChI=1S/C52H60F2N8O9S/c1-30(2)36-7-5-6-8-37(36)43-28-60(31(3)63)19-20-61(43)34-25-52(26-34)15-17-59(18-16-52)33-9-10-38(44(21-33)71-46-24-39-40(53)27-55-49(39)57-48(46)54)50(64)58-72(68,69)35-22-42(62(66)67)47-45(23-35)70-29-41(56-47)32-11-13-51(4,65)14-12-32/h5-10,21-24,27,30,32,34,41,43,56,65H,11-20,25-26,28-29H2,1-4H3,(H,55,57)(H,58,64)/t32?,41-,43-,51?/m1/s1. The van der Waals surface area contributed by atoms with Crippen molar-refractivity contribution in [3.63, 3.8) is 0 Å². The molecule has 72 heavy (non-hydrogen) atoms.